The number of nitrogen functional groups attached to an aromatic ring is 1. The summed E-state index contributed by atoms with van der Waals surface area (Å²) in [5, 5.41) is 10.8. The predicted molar refractivity (Wildman–Crippen MR) is 66.9 cm³/mol. The van der Waals surface area contributed by atoms with Crippen molar-refractivity contribution in [2.24, 2.45) is 0 Å². The highest BCUT2D eigenvalue weighted by molar-refractivity contribution is 5.43. The minimum absolute atomic E-state index is 0.542. The Labute approximate surface area is 99.6 Å². The van der Waals surface area contributed by atoms with Gasteiger partial charge < -0.3 is 15.8 Å². The van der Waals surface area contributed by atoms with Crippen LogP contribution in [0.1, 0.15) is 0 Å². The van der Waals surface area contributed by atoms with E-state index in [9.17, 15) is 0 Å². The molecule has 0 aliphatic carbocycles. The zero-order chi connectivity index (χ0) is 11.9. The van der Waals surface area contributed by atoms with Crippen molar-refractivity contribution in [2.75, 3.05) is 24.2 Å². The summed E-state index contributed by atoms with van der Waals surface area (Å²) in [5.41, 5.74) is 6.34. The molecule has 0 radical (unpaired) electrons. The van der Waals surface area contributed by atoms with Crippen LogP contribution in [0.3, 0.4) is 0 Å². The Kier molecular flexibility index (Phi) is 3.75. The van der Waals surface area contributed by atoms with Crippen molar-refractivity contribution in [1.82, 2.24) is 10.2 Å². The van der Waals surface area contributed by atoms with Crippen LogP contribution in [0.2, 0.25) is 0 Å². The van der Waals surface area contributed by atoms with Gasteiger partial charge in [0.25, 0.3) is 0 Å². The Morgan fingerprint density at radius 2 is 2.18 bits per heavy atom. The van der Waals surface area contributed by atoms with E-state index in [0.717, 1.165) is 11.6 Å². The van der Waals surface area contributed by atoms with Gasteiger partial charge in [-0.25, -0.2) is 0 Å². The van der Waals surface area contributed by atoms with E-state index in [-0.39, 0.29) is 0 Å². The zero-order valence-corrected chi connectivity index (χ0v) is 9.34. The van der Waals surface area contributed by atoms with Crippen LogP contribution in [0, 0.1) is 0 Å². The number of hydrogen-bond acceptors (Lipinski definition) is 5. The molecule has 0 saturated heterocycles. The van der Waals surface area contributed by atoms with Gasteiger partial charge in [-0.1, -0.05) is 6.07 Å². The number of nitrogens with one attached hydrogen (secondary N) is 1. The van der Waals surface area contributed by atoms with E-state index in [4.69, 9.17) is 10.5 Å². The minimum Gasteiger partial charge on any atom is -0.492 e. The van der Waals surface area contributed by atoms with Crippen LogP contribution in [-0.2, 0) is 0 Å². The molecule has 0 saturated carbocycles. The first-order chi connectivity index (χ1) is 8.34. The zero-order valence-electron chi connectivity index (χ0n) is 9.34. The second kappa shape index (κ2) is 5.69. The fraction of sp³-hybridized carbons (Fsp3) is 0.167. The number of anilines is 2. The van der Waals surface area contributed by atoms with Gasteiger partial charge in [0.2, 0.25) is 0 Å². The van der Waals surface area contributed by atoms with E-state index in [1.807, 2.05) is 30.3 Å². The summed E-state index contributed by atoms with van der Waals surface area (Å²) < 4.78 is 5.52. The minimum atomic E-state index is 0.542. The highest BCUT2D eigenvalue weighted by Crippen LogP contribution is 2.13. The average Bonchev–Trinajstić information content (AvgIpc) is 2.36. The first-order valence-corrected chi connectivity index (χ1v) is 5.34. The Balaban J connectivity index is 1.73. The molecule has 0 spiro atoms. The van der Waals surface area contributed by atoms with Gasteiger partial charge in [-0.3, -0.25) is 0 Å². The van der Waals surface area contributed by atoms with Gasteiger partial charge in [0.05, 0.1) is 6.54 Å². The summed E-state index contributed by atoms with van der Waals surface area (Å²) in [6.45, 7) is 1.20. The maximum Gasteiger partial charge on any atom is 0.148 e. The maximum atomic E-state index is 5.64. The third kappa shape index (κ3) is 3.64. The van der Waals surface area contributed by atoms with Crippen LogP contribution in [0.5, 0.6) is 5.75 Å². The third-order valence-corrected chi connectivity index (χ3v) is 2.11. The van der Waals surface area contributed by atoms with E-state index in [1.165, 1.54) is 0 Å². The molecule has 0 aliphatic rings. The number of hydrogen-bond donors (Lipinski definition) is 2. The van der Waals surface area contributed by atoms with E-state index in [0.29, 0.717) is 18.8 Å². The van der Waals surface area contributed by atoms with Crippen LogP contribution in [0.25, 0.3) is 0 Å². The van der Waals surface area contributed by atoms with Gasteiger partial charge in [-0.15, -0.1) is 5.10 Å². The molecule has 0 fully saturated rings. The second-order valence-corrected chi connectivity index (χ2v) is 3.46. The van der Waals surface area contributed by atoms with Crippen LogP contribution in [0.15, 0.2) is 42.6 Å². The normalized spacial score (nSPS) is 9.88. The fourth-order valence-corrected chi connectivity index (χ4v) is 1.35. The van der Waals surface area contributed by atoms with Crippen molar-refractivity contribution in [3.05, 3.63) is 42.6 Å². The Morgan fingerprint density at radius 3 is 2.94 bits per heavy atom. The topological polar surface area (TPSA) is 73.1 Å². The average molecular weight is 230 g/mol. The molecule has 1 aromatic heterocycles. The fourth-order valence-electron chi connectivity index (χ4n) is 1.35. The highest BCUT2D eigenvalue weighted by atomic mass is 16.5. The molecule has 3 N–H and O–H groups in total. The van der Waals surface area contributed by atoms with Crippen molar-refractivity contribution < 1.29 is 4.74 Å². The molecule has 5 nitrogen and oxygen atoms in total. The van der Waals surface area contributed by atoms with Crippen molar-refractivity contribution in [3.63, 3.8) is 0 Å². The van der Waals surface area contributed by atoms with Gasteiger partial charge >= 0.3 is 0 Å². The lowest BCUT2D eigenvalue weighted by Crippen LogP contribution is -2.12. The molecular weight excluding hydrogens is 216 g/mol. The summed E-state index contributed by atoms with van der Waals surface area (Å²) in [4.78, 5) is 0. The lowest BCUT2D eigenvalue weighted by molar-refractivity contribution is 0.333. The molecule has 0 aliphatic heterocycles. The van der Waals surface area contributed by atoms with E-state index in [2.05, 4.69) is 15.5 Å². The summed E-state index contributed by atoms with van der Waals surface area (Å²) in [6, 6.07) is 11.0. The number of nitrogens with zero attached hydrogens (tertiary/aromatic N) is 2. The van der Waals surface area contributed by atoms with E-state index >= 15 is 0 Å². The number of ether oxygens (including phenoxy) is 1. The molecular formula is C12H14N4O. The quantitative estimate of drug-likeness (QED) is 0.602. The second-order valence-electron chi connectivity index (χ2n) is 3.46. The molecule has 0 amide bonds. The summed E-state index contributed by atoms with van der Waals surface area (Å²) >= 11 is 0. The predicted octanol–water partition coefficient (Wildman–Crippen LogP) is 1.55. The molecule has 17 heavy (non-hydrogen) atoms. The first kappa shape index (κ1) is 11.2. The first-order valence-electron chi connectivity index (χ1n) is 5.34. The van der Waals surface area contributed by atoms with Gasteiger partial charge in [0.15, 0.2) is 0 Å². The van der Waals surface area contributed by atoms with Gasteiger partial charge in [-0.05, 0) is 24.3 Å². The van der Waals surface area contributed by atoms with Gasteiger partial charge in [-0.2, -0.15) is 5.10 Å². The number of rotatable bonds is 5. The van der Waals surface area contributed by atoms with Crippen molar-refractivity contribution in [3.8, 4) is 5.75 Å². The summed E-state index contributed by atoms with van der Waals surface area (Å²) in [6.07, 6.45) is 1.63. The van der Waals surface area contributed by atoms with Crippen LogP contribution >= 0.6 is 0 Å². The largest absolute Gasteiger partial charge is 0.492 e. The molecule has 5 heteroatoms. The Hall–Kier alpha value is -2.30. The molecule has 88 valence electrons. The lowest BCUT2D eigenvalue weighted by Gasteiger charge is -2.07. The van der Waals surface area contributed by atoms with Crippen LogP contribution in [0.4, 0.5) is 11.5 Å². The third-order valence-electron chi connectivity index (χ3n) is 2.11. The van der Waals surface area contributed by atoms with E-state index in [1.54, 1.807) is 12.3 Å². The molecule has 1 heterocycles. The van der Waals surface area contributed by atoms with Crippen LogP contribution < -0.4 is 15.8 Å². The lowest BCUT2D eigenvalue weighted by atomic mass is 10.3. The SMILES string of the molecule is Nc1cccc(OCCNc2cccnn2)c1. The highest BCUT2D eigenvalue weighted by Gasteiger charge is 1.95. The Morgan fingerprint density at radius 1 is 1.24 bits per heavy atom. The number of benzene rings is 1. The molecule has 2 aromatic rings. The number of aromatic nitrogens is 2. The Bertz CT molecular complexity index is 461. The van der Waals surface area contributed by atoms with Crippen molar-refractivity contribution in [1.29, 1.82) is 0 Å². The molecule has 2 rings (SSSR count). The van der Waals surface area contributed by atoms with Crippen molar-refractivity contribution >= 4 is 11.5 Å². The van der Waals surface area contributed by atoms with Crippen molar-refractivity contribution in [2.45, 2.75) is 0 Å². The smallest absolute Gasteiger partial charge is 0.148 e. The summed E-state index contributed by atoms with van der Waals surface area (Å²) in [5.74, 6) is 1.51. The molecule has 0 bridgehead atoms. The molecule has 0 atom stereocenters. The summed E-state index contributed by atoms with van der Waals surface area (Å²) in [7, 11) is 0. The molecule has 1 aromatic carbocycles. The van der Waals surface area contributed by atoms with Gasteiger partial charge in [0.1, 0.15) is 18.2 Å². The van der Waals surface area contributed by atoms with Crippen LogP contribution in [-0.4, -0.2) is 23.3 Å². The maximum absolute atomic E-state index is 5.64. The standard InChI is InChI=1S/C12H14N4O/c13-10-3-1-4-11(9-10)17-8-7-14-12-5-2-6-15-16-12/h1-6,9H,7-8,13H2,(H,14,16). The van der Waals surface area contributed by atoms with E-state index < -0.39 is 0 Å². The monoisotopic (exact) mass is 230 g/mol. The molecule has 0 unspecified atom stereocenters. The number of nitrogens with two attached hydrogens (primary N) is 1. The van der Waals surface area contributed by atoms with Gasteiger partial charge in [0, 0.05) is 18.0 Å².